The molecule has 0 aliphatic carbocycles. The Morgan fingerprint density at radius 3 is 2.14 bits per heavy atom. The highest BCUT2D eigenvalue weighted by Crippen LogP contribution is 2.42. The summed E-state index contributed by atoms with van der Waals surface area (Å²) in [5, 5.41) is 10.9. The first-order valence-corrected chi connectivity index (χ1v) is 9.06. The van der Waals surface area contributed by atoms with Crippen LogP contribution in [0.5, 0.6) is 0 Å². The van der Waals surface area contributed by atoms with Crippen LogP contribution in [-0.4, -0.2) is 16.8 Å². The topological polar surface area (TPSA) is 57.6 Å². The van der Waals surface area contributed by atoms with E-state index >= 15 is 0 Å². The first-order valence-electron chi connectivity index (χ1n) is 9.06. The van der Waals surface area contributed by atoms with E-state index in [9.17, 15) is 14.7 Å². The van der Waals surface area contributed by atoms with Crippen LogP contribution in [0.2, 0.25) is 0 Å². The van der Waals surface area contributed by atoms with Crippen molar-refractivity contribution >= 4 is 23.1 Å². The van der Waals surface area contributed by atoms with Gasteiger partial charge in [-0.3, -0.25) is 14.5 Å². The fraction of sp³-hybridized carbons (Fsp3) is 0.0833. The molecule has 1 atom stereocenters. The summed E-state index contributed by atoms with van der Waals surface area (Å²) >= 11 is 0. The third-order valence-corrected chi connectivity index (χ3v) is 4.89. The molecule has 1 N–H and O–H groups in total. The Hall–Kier alpha value is -3.66. The SMILES string of the molecule is Cc1cccc(N2C(=O)C(=O)/C(=C(\O)c3ccccc3)C2c2ccccc2)c1. The second-order valence-corrected chi connectivity index (χ2v) is 6.78. The molecule has 4 nitrogen and oxygen atoms in total. The summed E-state index contributed by atoms with van der Waals surface area (Å²) in [6.07, 6.45) is 0. The van der Waals surface area contributed by atoms with Crippen LogP contribution in [0.1, 0.15) is 22.7 Å². The first kappa shape index (κ1) is 17.7. The molecule has 1 fully saturated rings. The summed E-state index contributed by atoms with van der Waals surface area (Å²) in [7, 11) is 0. The van der Waals surface area contributed by atoms with Gasteiger partial charge in [0.2, 0.25) is 0 Å². The molecule has 0 aromatic heterocycles. The minimum absolute atomic E-state index is 0.101. The first-order chi connectivity index (χ1) is 13.6. The Labute approximate surface area is 163 Å². The lowest BCUT2D eigenvalue weighted by atomic mass is 9.95. The number of hydrogen-bond acceptors (Lipinski definition) is 3. The van der Waals surface area contributed by atoms with Gasteiger partial charge in [-0.2, -0.15) is 0 Å². The van der Waals surface area contributed by atoms with Gasteiger partial charge in [-0.05, 0) is 30.2 Å². The number of carbonyl (C=O) groups is 2. The molecule has 0 saturated carbocycles. The van der Waals surface area contributed by atoms with Crippen LogP contribution in [0.15, 0.2) is 90.5 Å². The highest BCUT2D eigenvalue weighted by atomic mass is 16.3. The number of carbonyl (C=O) groups excluding carboxylic acids is 2. The number of aryl methyl sites for hydroxylation is 1. The number of nitrogens with zero attached hydrogens (tertiary/aromatic N) is 1. The lowest BCUT2D eigenvalue weighted by Crippen LogP contribution is -2.29. The molecule has 0 radical (unpaired) electrons. The second kappa shape index (κ2) is 7.16. The minimum atomic E-state index is -0.691. The zero-order chi connectivity index (χ0) is 19.7. The van der Waals surface area contributed by atoms with E-state index in [1.54, 1.807) is 30.3 Å². The van der Waals surface area contributed by atoms with Crippen molar-refractivity contribution in [3.63, 3.8) is 0 Å². The normalized spacial score (nSPS) is 18.5. The largest absolute Gasteiger partial charge is 0.507 e. The van der Waals surface area contributed by atoms with Crippen molar-refractivity contribution in [3.05, 3.63) is 107 Å². The van der Waals surface area contributed by atoms with Gasteiger partial charge < -0.3 is 5.11 Å². The summed E-state index contributed by atoms with van der Waals surface area (Å²) in [6, 6.07) is 24.9. The van der Waals surface area contributed by atoms with Gasteiger partial charge in [0, 0.05) is 11.3 Å². The van der Waals surface area contributed by atoms with Gasteiger partial charge in [0.25, 0.3) is 11.7 Å². The maximum atomic E-state index is 13.0. The highest BCUT2D eigenvalue weighted by Gasteiger charge is 2.46. The molecule has 1 unspecified atom stereocenters. The third kappa shape index (κ3) is 2.99. The van der Waals surface area contributed by atoms with Gasteiger partial charge in [0.15, 0.2) is 0 Å². The van der Waals surface area contributed by atoms with E-state index in [2.05, 4.69) is 0 Å². The molecule has 1 heterocycles. The van der Waals surface area contributed by atoms with Crippen LogP contribution in [0.25, 0.3) is 5.76 Å². The van der Waals surface area contributed by atoms with Crippen LogP contribution in [-0.2, 0) is 9.59 Å². The lowest BCUT2D eigenvalue weighted by Gasteiger charge is -2.25. The predicted octanol–water partition coefficient (Wildman–Crippen LogP) is 4.62. The molecule has 1 amide bonds. The van der Waals surface area contributed by atoms with E-state index in [1.807, 2.05) is 61.5 Å². The van der Waals surface area contributed by atoms with E-state index < -0.39 is 17.7 Å². The summed E-state index contributed by atoms with van der Waals surface area (Å²) < 4.78 is 0. The van der Waals surface area contributed by atoms with Gasteiger partial charge in [-0.15, -0.1) is 0 Å². The van der Waals surface area contributed by atoms with Crippen LogP contribution in [0.4, 0.5) is 5.69 Å². The Bertz CT molecular complexity index is 1070. The number of amides is 1. The molecule has 3 aromatic carbocycles. The molecular weight excluding hydrogens is 350 g/mol. The van der Waals surface area contributed by atoms with E-state index in [4.69, 9.17) is 0 Å². The van der Waals surface area contributed by atoms with E-state index in [-0.39, 0.29) is 11.3 Å². The summed E-state index contributed by atoms with van der Waals surface area (Å²) in [6.45, 7) is 1.93. The number of benzene rings is 3. The number of anilines is 1. The standard InChI is InChI=1S/C24H19NO3/c1-16-9-8-14-19(15-16)25-21(17-10-4-2-5-11-17)20(23(27)24(25)28)22(26)18-12-6-3-7-13-18/h2-15,21,26H,1H3/b22-20-. The summed E-state index contributed by atoms with van der Waals surface area (Å²) in [5.74, 6) is -1.49. The Kier molecular flexibility index (Phi) is 4.53. The number of Topliss-reactive ketones (excluding diaryl/α,β-unsaturated/α-hetero) is 1. The summed E-state index contributed by atoms with van der Waals surface area (Å²) in [4.78, 5) is 27.4. The zero-order valence-corrected chi connectivity index (χ0v) is 15.4. The van der Waals surface area contributed by atoms with Crippen molar-refractivity contribution in [3.8, 4) is 0 Å². The molecule has 4 heteroatoms. The number of rotatable bonds is 3. The average Bonchev–Trinajstić information content (AvgIpc) is 3.00. The van der Waals surface area contributed by atoms with Crippen LogP contribution >= 0.6 is 0 Å². The monoisotopic (exact) mass is 369 g/mol. The molecule has 28 heavy (non-hydrogen) atoms. The van der Waals surface area contributed by atoms with Crippen molar-refractivity contribution < 1.29 is 14.7 Å². The van der Waals surface area contributed by atoms with Crippen LogP contribution in [0, 0.1) is 6.92 Å². The van der Waals surface area contributed by atoms with Gasteiger partial charge >= 0.3 is 0 Å². The van der Waals surface area contributed by atoms with Gasteiger partial charge in [0.1, 0.15) is 5.76 Å². The molecule has 1 saturated heterocycles. The van der Waals surface area contributed by atoms with Crippen molar-refractivity contribution in [1.29, 1.82) is 0 Å². The van der Waals surface area contributed by atoms with Crippen LogP contribution < -0.4 is 4.90 Å². The quantitative estimate of drug-likeness (QED) is 0.416. The van der Waals surface area contributed by atoms with E-state index in [0.717, 1.165) is 11.1 Å². The predicted molar refractivity (Wildman–Crippen MR) is 109 cm³/mol. The Morgan fingerprint density at radius 1 is 0.857 bits per heavy atom. The summed E-state index contributed by atoms with van der Waals surface area (Å²) in [5.41, 5.74) is 2.98. The fourth-order valence-electron chi connectivity index (χ4n) is 3.58. The van der Waals surface area contributed by atoms with Crippen molar-refractivity contribution in [2.75, 3.05) is 4.90 Å². The smallest absolute Gasteiger partial charge is 0.300 e. The third-order valence-electron chi connectivity index (χ3n) is 4.89. The molecule has 1 aliphatic heterocycles. The fourth-order valence-corrected chi connectivity index (χ4v) is 3.58. The number of aliphatic hydroxyl groups excluding tert-OH is 1. The van der Waals surface area contributed by atoms with Crippen molar-refractivity contribution in [1.82, 2.24) is 0 Å². The average molecular weight is 369 g/mol. The molecule has 3 aromatic rings. The number of hydrogen-bond donors (Lipinski definition) is 1. The number of ketones is 1. The second-order valence-electron chi connectivity index (χ2n) is 6.78. The lowest BCUT2D eigenvalue weighted by molar-refractivity contribution is -0.132. The Balaban J connectivity index is 1.95. The molecule has 1 aliphatic rings. The van der Waals surface area contributed by atoms with Gasteiger partial charge in [-0.25, -0.2) is 0 Å². The Morgan fingerprint density at radius 2 is 1.50 bits per heavy atom. The minimum Gasteiger partial charge on any atom is -0.507 e. The maximum absolute atomic E-state index is 13.0. The zero-order valence-electron chi connectivity index (χ0n) is 15.4. The van der Waals surface area contributed by atoms with E-state index in [0.29, 0.717) is 11.3 Å². The number of aliphatic hydroxyl groups is 1. The molecule has 0 spiro atoms. The van der Waals surface area contributed by atoms with Gasteiger partial charge in [-0.1, -0.05) is 72.8 Å². The van der Waals surface area contributed by atoms with Crippen molar-refractivity contribution in [2.45, 2.75) is 13.0 Å². The van der Waals surface area contributed by atoms with E-state index in [1.165, 1.54) is 4.90 Å². The molecular formula is C24H19NO3. The molecule has 4 rings (SSSR count). The van der Waals surface area contributed by atoms with Crippen LogP contribution in [0.3, 0.4) is 0 Å². The van der Waals surface area contributed by atoms with Crippen molar-refractivity contribution in [2.24, 2.45) is 0 Å². The highest BCUT2D eigenvalue weighted by molar-refractivity contribution is 6.51. The molecule has 0 bridgehead atoms. The molecule has 138 valence electrons. The maximum Gasteiger partial charge on any atom is 0.300 e. The van der Waals surface area contributed by atoms with Gasteiger partial charge in [0.05, 0.1) is 11.6 Å².